The number of nitrogens with zero attached hydrogens (tertiary/aromatic N) is 2. The minimum absolute atomic E-state index is 0.0694. The zero-order valence-electron chi connectivity index (χ0n) is 16.0. The summed E-state index contributed by atoms with van der Waals surface area (Å²) < 4.78 is 0. The van der Waals surface area contributed by atoms with E-state index in [0.717, 1.165) is 26.1 Å². The average Bonchev–Trinajstić information content (AvgIpc) is 2.87. The first kappa shape index (κ1) is 19.9. The summed E-state index contributed by atoms with van der Waals surface area (Å²) in [6, 6.07) is 0. The number of carbonyl (C=O) groups is 2. The lowest BCUT2D eigenvalue weighted by Crippen LogP contribution is -2.42. The van der Waals surface area contributed by atoms with E-state index in [1.807, 2.05) is 14.0 Å². The van der Waals surface area contributed by atoms with E-state index in [-0.39, 0.29) is 28.6 Å². The van der Waals surface area contributed by atoms with Gasteiger partial charge in [-0.15, -0.1) is 0 Å². The lowest BCUT2D eigenvalue weighted by atomic mass is 10.0. The number of nitrogens with one attached hydrogen (secondary N) is 1. The Hall–Kier alpha value is -1.10. The molecule has 0 atom stereocenters. The summed E-state index contributed by atoms with van der Waals surface area (Å²) in [5, 5.41) is 3.06. The maximum absolute atomic E-state index is 12.3. The fraction of sp³-hybridized carbons (Fsp3) is 0.889. The summed E-state index contributed by atoms with van der Waals surface area (Å²) in [6.07, 6.45) is 1.000. The fourth-order valence-electron chi connectivity index (χ4n) is 3.37. The number of hydrogen-bond donors (Lipinski definition) is 1. The molecule has 0 aromatic carbocycles. The monoisotopic (exact) mass is 325 g/mol. The van der Waals surface area contributed by atoms with Crippen molar-refractivity contribution in [3.8, 4) is 0 Å². The number of amides is 2. The second-order valence-electron chi connectivity index (χ2n) is 7.85. The molecule has 1 aliphatic rings. The molecule has 0 heterocycles. The van der Waals surface area contributed by atoms with Crippen LogP contribution < -0.4 is 5.32 Å². The topological polar surface area (TPSA) is 52.7 Å². The van der Waals surface area contributed by atoms with Crippen molar-refractivity contribution < 1.29 is 9.59 Å². The minimum atomic E-state index is 0.0694. The largest absolute Gasteiger partial charge is 0.355 e. The second-order valence-corrected chi connectivity index (χ2v) is 7.85. The van der Waals surface area contributed by atoms with Crippen LogP contribution in [0.4, 0.5) is 0 Å². The summed E-state index contributed by atoms with van der Waals surface area (Å²) in [4.78, 5) is 28.2. The molecule has 1 aliphatic carbocycles. The van der Waals surface area contributed by atoms with Crippen molar-refractivity contribution in [3.05, 3.63) is 0 Å². The molecule has 1 N–H and O–H groups in total. The third-order valence-electron chi connectivity index (χ3n) is 5.81. The van der Waals surface area contributed by atoms with Gasteiger partial charge in [-0.1, -0.05) is 34.6 Å². The van der Waals surface area contributed by atoms with E-state index >= 15 is 0 Å². The van der Waals surface area contributed by atoms with Gasteiger partial charge in [0, 0.05) is 32.6 Å². The number of hydrogen-bond acceptors (Lipinski definition) is 3. The first-order valence-corrected chi connectivity index (χ1v) is 8.83. The molecule has 2 amide bonds. The third kappa shape index (κ3) is 4.46. The Kier molecular flexibility index (Phi) is 6.63. The lowest BCUT2D eigenvalue weighted by Gasteiger charge is -2.24. The molecule has 0 radical (unpaired) electrons. The van der Waals surface area contributed by atoms with E-state index < -0.39 is 0 Å². The van der Waals surface area contributed by atoms with Gasteiger partial charge in [0.25, 0.3) is 0 Å². The van der Waals surface area contributed by atoms with Crippen molar-refractivity contribution in [1.29, 1.82) is 0 Å². The molecule has 1 saturated carbocycles. The molecular formula is C18H35N3O2. The van der Waals surface area contributed by atoms with Gasteiger partial charge in [0.2, 0.25) is 11.8 Å². The Morgan fingerprint density at radius 1 is 1.04 bits per heavy atom. The molecule has 5 nitrogen and oxygen atoms in total. The summed E-state index contributed by atoms with van der Waals surface area (Å²) in [7, 11) is 1.82. The van der Waals surface area contributed by atoms with Crippen LogP contribution in [0.5, 0.6) is 0 Å². The summed E-state index contributed by atoms with van der Waals surface area (Å²) >= 11 is 0. The molecule has 0 spiro atoms. The maximum atomic E-state index is 12.3. The van der Waals surface area contributed by atoms with Crippen molar-refractivity contribution in [2.24, 2.45) is 16.7 Å². The number of likely N-dealkylation sites (N-methyl/N-ethyl adjacent to an activating group) is 1. The third-order valence-corrected chi connectivity index (χ3v) is 5.81. The highest BCUT2D eigenvalue weighted by Gasteiger charge is 2.68. The molecule has 23 heavy (non-hydrogen) atoms. The van der Waals surface area contributed by atoms with Crippen molar-refractivity contribution in [2.75, 3.05) is 39.8 Å². The summed E-state index contributed by atoms with van der Waals surface area (Å²) in [6.45, 7) is 16.0. The fourth-order valence-corrected chi connectivity index (χ4v) is 3.37. The standard InChI is InChI=1S/C18H35N3O2/c1-8-11-21(13-14(22)20(7)9-2)12-10-19-16(23)15-17(3,4)18(15,5)6/h15H,8-13H2,1-7H3,(H,19,23). The molecule has 5 heteroatoms. The van der Waals surface area contributed by atoms with Gasteiger partial charge >= 0.3 is 0 Å². The smallest absolute Gasteiger partial charge is 0.236 e. The molecule has 0 unspecified atom stereocenters. The summed E-state index contributed by atoms with van der Waals surface area (Å²) in [5.41, 5.74) is 0.139. The Bertz CT molecular complexity index is 418. The van der Waals surface area contributed by atoms with Crippen LogP contribution in [-0.2, 0) is 9.59 Å². The predicted molar refractivity (Wildman–Crippen MR) is 94.1 cm³/mol. The molecule has 0 aromatic rings. The van der Waals surface area contributed by atoms with E-state index in [2.05, 4.69) is 44.8 Å². The van der Waals surface area contributed by atoms with Crippen LogP contribution in [0.1, 0.15) is 48.0 Å². The predicted octanol–water partition coefficient (Wildman–Crippen LogP) is 1.98. The van der Waals surface area contributed by atoms with Crippen LogP contribution >= 0.6 is 0 Å². The zero-order valence-corrected chi connectivity index (χ0v) is 16.0. The van der Waals surface area contributed by atoms with Crippen LogP contribution in [-0.4, -0.2) is 61.4 Å². The van der Waals surface area contributed by atoms with E-state index in [1.165, 1.54) is 0 Å². The Morgan fingerprint density at radius 3 is 2.04 bits per heavy atom. The van der Waals surface area contributed by atoms with Crippen LogP contribution in [0.3, 0.4) is 0 Å². The molecule has 0 saturated heterocycles. The first-order chi connectivity index (χ1) is 10.6. The second kappa shape index (κ2) is 7.65. The van der Waals surface area contributed by atoms with Gasteiger partial charge in [-0.2, -0.15) is 0 Å². The normalized spacial score (nSPS) is 18.8. The van der Waals surface area contributed by atoms with Crippen molar-refractivity contribution in [2.45, 2.75) is 48.0 Å². The molecule has 0 aromatic heterocycles. The average molecular weight is 325 g/mol. The molecule has 0 aliphatic heterocycles. The van der Waals surface area contributed by atoms with Gasteiger partial charge in [0.1, 0.15) is 0 Å². The van der Waals surface area contributed by atoms with Gasteiger partial charge in [-0.05, 0) is 30.7 Å². The molecule has 1 rings (SSSR count). The molecular weight excluding hydrogens is 290 g/mol. The van der Waals surface area contributed by atoms with E-state index in [0.29, 0.717) is 13.1 Å². The molecule has 0 bridgehead atoms. The van der Waals surface area contributed by atoms with E-state index in [9.17, 15) is 9.59 Å². The minimum Gasteiger partial charge on any atom is -0.355 e. The van der Waals surface area contributed by atoms with E-state index in [1.54, 1.807) is 4.90 Å². The van der Waals surface area contributed by atoms with Crippen LogP contribution in [0.25, 0.3) is 0 Å². The lowest BCUT2D eigenvalue weighted by molar-refractivity contribution is -0.130. The van der Waals surface area contributed by atoms with Gasteiger partial charge < -0.3 is 10.2 Å². The van der Waals surface area contributed by atoms with Gasteiger partial charge in [-0.25, -0.2) is 0 Å². The first-order valence-electron chi connectivity index (χ1n) is 8.83. The molecule has 1 fully saturated rings. The van der Waals surface area contributed by atoms with Crippen molar-refractivity contribution in [1.82, 2.24) is 15.1 Å². The van der Waals surface area contributed by atoms with E-state index in [4.69, 9.17) is 0 Å². The maximum Gasteiger partial charge on any atom is 0.236 e. The van der Waals surface area contributed by atoms with Crippen LogP contribution in [0.2, 0.25) is 0 Å². The Labute approximate surface area is 141 Å². The number of carbonyl (C=O) groups excluding carboxylic acids is 2. The Balaban J connectivity index is 2.42. The van der Waals surface area contributed by atoms with Crippen molar-refractivity contribution >= 4 is 11.8 Å². The van der Waals surface area contributed by atoms with Gasteiger partial charge in [-0.3, -0.25) is 14.5 Å². The van der Waals surface area contributed by atoms with Crippen LogP contribution in [0, 0.1) is 16.7 Å². The quantitative estimate of drug-likeness (QED) is 0.705. The summed E-state index contributed by atoms with van der Waals surface area (Å²) in [5.74, 6) is 0.368. The zero-order chi connectivity index (χ0) is 17.8. The highest BCUT2D eigenvalue weighted by Crippen LogP contribution is 2.68. The SMILES string of the molecule is CCCN(CCNC(=O)C1C(C)(C)C1(C)C)CC(=O)N(C)CC. The van der Waals surface area contributed by atoms with Crippen molar-refractivity contribution in [3.63, 3.8) is 0 Å². The number of rotatable bonds is 9. The highest BCUT2D eigenvalue weighted by atomic mass is 16.2. The van der Waals surface area contributed by atoms with Gasteiger partial charge in [0.15, 0.2) is 0 Å². The Morgan fingerprint density at radius 2 is 1.61 bits per heavy atom. The van der Waals surface area contributed by atoms with Crippen LogP contribution in [0.15, 0.2) is 0 Å². The highest BCUT2D eigenvalue weighted by molar-refractivity contribution is 5.84. The van der Waals surface area contributed by atoms with Gasteiger partial charge in [0.05, 0.1) is 6.54 Å². The molecule has 134 valence electrons.